The average molecular weight is 393 g/mol. The molecule has 0 spiro atoms. The molecular weight excluding hydrogens is 366 g/mol. The molecule has 0 amide bonds. The Morgan fingerprint density at radius 3 is 2.14 bits per heavy atom. The molecule has 0 unspecified atom stereocenters. The molecule has 0 saturated heterocycles. The molecule has 2 aromatic carbocycles. The summed E-state index contributed by atoms with van der Waals surface area (Å²) >= 11 is 0. The van der Waals surface area contributed by atoms with Gasteiger partial charge in [-0.1, -0.05) is 25.5 Å². The zero-order chi connectivity index (χ0) is 20.8. The van der Waals surface area contributed by atoms with Crippen molar-refractivity contribution >= 4 is 5.71 Å². The third-order valence-electron chi connectivity index (χ3n) is 4.82. The van der Waals surface area contributed by atoms with Crippen molar-refractivity contribution in [3.8, 4) is 17.2 Å². The number of hydrogen-bond acceptors (Lipinski definition) is 4. The molecule has 0 aliphatic heterocycles. The Morgan fingerprint density at radius 2 is 1.59 bits per heavy atom. The standard InChI is InChI=1S/C23H27N3O3/c1-5-6-21-22(16(2)24-15-17-7-11-19(28-3)12-8-17)23(27)26(25-21)18-9-13-20(29-4)14-10-18/h7-14,25H,5-6,15H2,1-4H3. The van der Waals surface area contributed by atoms with Gasteiger partial charge < -0.3 is 9.47 Å². The van der Waals surface area contributed by atoms with Crippen LogP contribution in [0.25, 0.3) is 5.69 Å². The van der Waals surface area contributed by atoms with Gasteiger partial charge in [0.15, 0.2) is 0 Å². The second kappa shape index (κ2) is 9.28. The average Bonchev–Trinajstić information content (AvgIpc) is 3.08. The van der Waals surface area contributed by atoms with E-state index in [-0.39, 0.29) is 5.56 Å². The molecule has 1 N–H and O–H groups in total. The van der Waals surface area contributed by atoms with Crippen LogP contribution in [0.5, 0.6) is 11.5 Å². The van der Waals surface area contributed by atoms with Gasteiger partial charge in [0.25, 0.3) is 5.56 Å². The number of hydrogen-bond donors (Lipinski definition) is 1. The smallest absolute Gasteiger partial charge is 0.280 e. The highest BCUT2D eigenvalue weighted by atomic mass is 16.5. The monoisotopic (exact) mass is 393 g/mol. The van der Waals surface area contributed by atoms with Crippen LogP contribution in [-0.2, 0) is 13.0 Å². The lowest BCUT2D eigenvalue weighted by Gasteiger charge is -2.03. The largest absolute Gasteiger partial charge is 0.497 e. The van der Waals surface area contributed by atoms with Crippen LogP contribution in [0.1, 0.15) is 37.1 Å². The zero-order valence-electron chi connectivity index (χ0n) is 17.4. The lowest BCUT2D eigenvalue weighted by Crippen LogP contribution is -2.19. The number of aromatic nitrogens is 2. The summed E-state index contributed by atoms with van der Waals surface area (Å²) in [6.45, 7) is 4.50. The van der Waals surface area contributed by atoms with Crippen LogP contribution in [0.3, 0.4) is 0 Å². The van der Waals surface area contributed by atoms with Crippen LogP contribution >= 0.6 is 0 Å². The topological polar surface area (TPSA) is 68.6 Å². The Kier molecular flexibility index (Phi) is 6.54. The van der Waals surface area contributed by atoms with E-state index in [0.717, 1.165) is 47.0 Å². The van der Waals surface area contributed by atoms with E-state index in [0.29, 0.717) is 12.1 Å². The lowest BCUT2D eigenvalue weighted by atomic mass is 10.1. The number of nitrogens with zero attached hydrogens (tertiary/aromatic N) is 2. The van der Waals surface area contributed by atoms with Gasteiger partial charge in [-0.05, 0) is 55.3 Å². The number of methoxy groups -OCH3 is 2. The quantitative estimate of drug-likeness (QED) is 0.585. The summed E-state index contributed by atoms with van der Waals surface area (Å²) in [5.41, 5.74) is 4.03. The molecule has 1 heterocycles. The van der Waals surface area contributed by atoms with Gasteiger partial charge >= 0.3 is 0 Å². The van der Waals surface area contributed by atoms with Crippen LogP contribution in [-0.4, -0.2) is 29.7 Å². The minimum atomic E-state index is -0.0883. The SMILES string of the molecule is CCCc1[nH]n(-c2ccc(OC)cc2)c(=O)c1C(C)=NCc1ccc(OC)cc1. The van der Waals surface area contributed by atoms with E-state index in [1.807, 2.05) is 55.5 Å². The van der Waals surface area contributed by atoms with Gasteiger partial charge in [-0.25, -0.2) is 4.68 Å². The van der Waals surface area contributed by atoms with Crippen molar-refractivity contribution in [2.24, 2.45) is 4.99 Å². The zero-order valence-corrected chi connectivity index (χ0v) is 17.4. The number of nitrogens with one attached hydrogen (secondary N) is 1. The molecule has 3 aromatic rings. The Hall–Kier alpha value is -3.28. The number of rotatable bonds is 8. The predicted octanol–water partition coefficient (Wildman–Crippen LogP) is 4.14. The normalized spacial score (nSPS) is 11.5. The van der Waals surface area contributed by atoms with E-state index in [9.17, 15) is 4.79 Å². The number of benzene rings is 2. The molecule has 0 aliphatic carbocycles. The molecule has 0 aliphatic rings. The Bertz CT molecular complexity index is 1030. The van der Waals surface area contributed by atoms with Crippen LogP contribution < -0.4 is 15.0 Å². The molecule has 0 atom stereocenters. The van der Waals surface area contributed by atoms with E-state index in [1.165, 1.54) is 0 Å². The summed E-state index contributed by atoms with van der Waals surface area (Å²) in [6, 6.07) is 15.2. The van der Waals surface area contributed by atoms with Crippen molar-refractivity contribution in [3.63, 3.8) is 0 Å². The van der Waals surface area contributed by atoms with Gasteiger partial charge in [-0.15, -0.1) is 0 Å². The molecule has 152 valence electrons. The maximum atomic E-state index is 13.2. The van der Waals surface area contributed by atoms with Crippen LogP contribution in [0.2, 0.25) is 0 Å². The van der Waals surface area contributed by atoms with E-state index in [4.69, 9.17) is 9.47 Å². The minimum absolute atomic E-state index is 0.0883. The summed E-state index contributed by atoms with van der Waals surface area (Å²) in [4.78, 5) is 17.8. The summed E-state index contributed by atoms with van der Waals surface area (Å²) in [6.07, 6.45) is 1.71. The van der Waals surface area contributed by atoms with Crippen molar-refractivity contribution in [1.29, 1.82) is 0 Å². The number of aliphatic imine (C=N–C) groups is 1. The maximum absolute atomic E-state index is 13.2. The van der Waals surface area contributed by atoms with Crippen LogP contribution in [0.4, 0.5) is 0 Å². The Balaban J connectivity index is 1.93. The van der Waals surface area contributed by atoms with Crippen molar-refractivity contribution < 1.29 is 9.47 Å². The first-order chi connectivity index (χ1) is 14.1. The van der Waals surface area contributed by atoms with Crippen molar-refractivity contribution in [3.05, 3.63) is 75.7 Å². The molecule has 0 bridgehead atoms. The third kappa shape index (κ3) is 4.59. The number of aromatic amines is 1. The number of ether oxygens (including phenoxy) is 2. The van der Waals surface area contributed by atoms with Gasteiger partial charge in [0.1, 0.15) is 11.5 Å². The first-order valence-corrected chi connectivity index (χ1v) is 9.70. The highest BCUT2D eigenvalue weighted by Gasteiger charge is 2.17. The Morgan fingerprint density at radius 1 is 1.00 bits per heavy atom. The molecule has 0 radical (unpaired) electrons. The van der Waals surface area contributed by atoms with Gasteiger partial charge in [0, 0.05) is 11.4 Å². The minimum Gasteiger partial charge on any atom is -0.497 e. The fourth-order valence-electron chi connectivity index (χ4n) is 3.22. The Labute approximate surface area is 170 Å². The number of H-pyrrole nitrogens is 1. The van der Waals surface area contributed by atoms with E-state index >= 15 is 0 Å². The highest BCUT2D eigenvalue weighted by molar-refractivity contribution is 5.99. The van der Waals surface area contributed by atoms with Gasteiger partial charge in [-0.3, -0.25) is 14.9 Å². The van der Waals surface area contributed by atoms with Crippen molar-refractivity contribution in [1.82, 2.24) is 9.78 Å². The first-order valence-electron chi connectivity index (χ1n) is 9.70. The van der Waals surface area contributed by atoms with E-state index < -0.39 is 0 Å². The molecule has 6 nitrogen and oxygen atoms in total. The molecule has 0 fully saturated rings. The van der Waals surface area contributed by atoms with Gasteiger partial charge in [0.05, 0.1) is 32.0 Å². The van der Waals surface area contributed by atoms with Crippen LogP contribution in [0.15, 0.2) is 58.3 Å². The fourth-order valence-corrected chi connectivity index (χ4v) is 3.22. The summed E-state index contributed by atoms with van der Waals surface area (Å²) in [7, 11) is 3.27. The fraction of sp³-hybridized carbons (Fsp3) is 0.304. The highest BCUT2D eigenvalue weighted by Crippen LogP contribution is 2.16. The summed E-state index contributed by atoms with van der Waals surface area (Å²) < 4.78 is 12.0. The van der Waals surface area contributed by atoms with Crippen molar-refractivity contribution in [2.75, 3.05) is 14.2 Å². The van der Waals surface area contributed by atoms with Crippen molar-refractivity contribution in [2.45, 2.75) is 33.2 Å². The lowest BCUT2D eigenvalue weighted by molar-refractivity contribution is 0.414. The van der Waals surface area contributed by atoms with E-state index in [2.05, 4.69) is 17.0 Å². The first kappa shape index (κ1) is 20.5. The molecule has 0 saturated carbocycles. The van der Waals surface area contributed by atoms with Gasteiger partial charge in [0.2, 0.25) is 0 Å². The molecule has 3 rings (SSSR count). The van der Waals surface area contributed by atoms with Gasteiger partial charge in [-0.2, -0.15) is 0 Å². The molecule has 29 heavy (non-hydrogen) atoms. The van der Waals surface area contributed by atoms with E-state index in [1.54, 1.807) is 18.9 Å². The second-order valence-electron chi connectivity index (χ2n) is 6.80. The summed E-state index contributed by atoms with van der Waals surface area (Å²) in [5.74, 6) is 1.56. The van der Waals surface area contributed by atoms with Crippen LogP contribution in [0, 0.1) is 0 Å². The molecule has 1 aromatic heterocycles. The molecular formula is C23H27N3O3. The number of aryl methyl sites for hydroxylation is 1. The molecule has 6 heteroatoms. The predicted molar refractivity (Wildman–Crippen MR) is 116 cm³/mol. The summed E-state index contributed by atoms with van der Waals surface area (Å²) in [5, 5.41) is 3.26. The maximum Gasteiger partial charge on any atom is 0.280 e. The third-order valence-corrected chi connectivity index (χ3v) is 4.82. The second-order valence-corrected chi connectivity index (χ2v) is 6.80.